The van der Waals surface area contributed by atoms with Crippen LogP contribution in [0.15, 0.2) is 24.3 Å². The highest BCUT2D eigenvalue weighted by atomic mass is 16.5. The van der Waals surface area contributed by atoms with E-state index in [2.05, 4.69) is 11.4 Å². The normalized spacial score (nSPS) is 30.2. The molecule has 1 aliphatic carbocycles. The number of amides is 1. The quantitative estimate of drug-likeness (QED) is 0.869. The van der Waals surface area contributed by atoms with Crippen LogP contribution in [-0.2, 0) is 16.0 Å². The second-order valence-electron chi connectivity index (χ2n) is 5.85. The number of carbonyl (C=O) groups is 1. The molecule has 0 spiro atoms. The van der Waals surface area contributed by atoms with Crippen LogP contribution in [0, 0.1) is 0 Å². The highest BCUT2D eigenvalue weighted by Crippen LogP contribution is 2.26. The summed E-state index contributed by atoms with van der Waals surface area (Å²) in [6.45, 7) is 0. The molecule has 1 aromatic carbocycles. The van der Waals surface area contributed by atoms with E-state index in [4.69, 9.17) is 10.5 Å². The van der Waals surface area contributed by atoms with Gasteiger partial charge in [-0.15, -0.1) is 0 Å². The van der Waals surface area contributed by atoms with Crippen LogP contribution in [0.2, 0.25) is 0 Å². The molecule has 4 nitrogen and oxygen atoms in total. The zero-order valence-corrected chi connectivity index (χ0v) is 11.7. The van der Waals surface area contributed by atoms with Crippen LogP contribution >= 0.6 is 0 Å². The lowest BCUT2D eigenvalue weighted by atomic mass is 9.93. The number of rotatable bonds is 2. The summed E-state index contributed by atoms with van der Waals surface area (Å²) in [4.78, 5) is 12.3. The number of ether oxygens (including phenoxy) is 1. The van der Waals surface area contributed by atoms with E-state index in [9.17, 15) is 4.79 Å². The lowest BCUT2D eigenvalue weighted by molar-refractivity contribution is -0.133. The zero-order chi connectivity index (χ0) is 13.9. The summed E-state index contributed by atoms with van der Waals surface area (Å²) in [5.74, 6) is -0.00942. The Morgan fingerprint density at radius 1 is 1.10 bits per heavy atom. The summed E-state index contributed by atoms with van der Waals surface area (Å²) >= 11 is 0. The average Bonchev–Trinajstić information content (AvgIpc) is 2.61. The largest absolute Gasteiger partial charge is 0.365 e. The highest BCUT2D eigenvalue weighted by molar-refractivity contribution is 5.95. The van der Waals surface area contributed by atoms with Crippen molar-refractivity contribution in [3.63, 3.8) is 0 Å². The Balaban J connectivity index is 1.63. The molecule has 0 saturated heterocycles. The van der Waals surface area contributed by atoms with Gasteiger partial charge in [-0.25, -0.2) is 0 Å². The summed E-state index contributed by atoms with van der Waals surface area (Å²) in [5, 5.41) is 2.98. The number of hydrogen-bond acceptors (Lipinski definition) is 3. The van der Waals surface area contributed by atoms with Gasteiger partial charge in [0.2, 0.25) is 0 Å². The van der Waals surface area contributed by atoms with Gasteiger partial charge in [-0.3, -0.25) is 4.79 Å². The van der Waals surface area contributed by atoms with E-state index in [1.54, 1.807) is 0 Å². The lowest BCUT2D eigenvalue weighted by Gasteiger charge is -2.29. The first kappa shape index (κ1) is 13.6. The number of aryl methyl sites for hydroxylation is 1. The molecular weight excluding hydrogens is 252 g/mol. The standard InChI is InChI=1S/C16H22N2O2/c17-12-6-8-13(9-7-12)20-15-10-5-11-3-1-2-4-14(11)18-16(15)19/h1-4,12-13,15H,5-10,17H2,(H,18,19). The molecule has 1 fully saturated rings. The summed E-state index contributed by atoms with van der Waals surface area (Å²) in [6, 6.07) is 8.28. The molecule has 1 aliphatic heterocycles. The third kappa shape index (κ3) is 3.02. The summed E-state index contributed by atoms with van der Waals surface area (Å²) in [7, 11) is 0. The monoisotopic (exact) mass is 274 g/mol. The molecule has 1 atom stereocenters. The maximum atomic E-state index is 12.3. The summed E-state index contributed by atoms with van der Waals surface area (Å²) in [5.41, 5.74) is 8.02. The third-order valence-corrected chi connectivity index (χ3v) is 4.32. The summed E-state index contributed by atoms with van der Waals surface area (Å²) < 4.78 is 6.04. The highest BCUT2D eigenvalue weighted by Gasteiger charge is 2.28. The topological polar surface area (TPSA) is 64.3 Å². The molecule has 20 heavy (non-hydrogen) atoms. The molecular formula is C16H22N2O2. The molecule has 1 amide bonds. The van der Waals surface area contributed by atoms with Gasteiger partial charge in [0.15, 0.2) is 0 Å². The Morgan fingerprint density at radius 2 is 1.85 bits per heavy atom. The lowest BCUT2D eigenvalue weighted by Crippen LogP contribution is -2.37. The number of hydrogen-bond donors (Lipinski definition) is 2. The maximum absolute atomic E-state index is 12.3. The van der Waals surface area contributed by atoms with Gasteiger partial charge in [0.1, 0.15) is 6.10 Å². The number of fused-ring (bicyclic) bond motifs is 1. The van der Waals surface area contributed by atoms with Gasteiger partial charge < -0.3 is 15.8 Å². The smallest absolute Gasteiger partial charge is 0.253 e. The molecule has 3 rings (SSSR count). The number of para-hydroxylation sites is 1. The minimum atomic E-state index is -0.332. The van der Waals surface area contributed by atoms with E-state index >= 15 is 0 Å². The number of carbonyl (C=O) groups excluding carboxylic acids is 1. The number of nitrogens with two attached hydrogens (primary N) is 1. The Labute approximate surface area is 119 Å². The Bertz CT molecular complexity index is 481. The van der Waals surface area contributed by atoms with Crippen LogP contribution in [0.4, 0.5) is 5.69 Å². The van der Waals surface area contributed by atoms with Crippen molar-refractivity contribution in [2.45, 2.75) is 56.8 Å². The third-order valence-electron chi connectivity index (χ3n) is 4.32. The molecule has 1 aromatic rings. The van der Waals surface area contributed by atoms with Crippen molar-refractivity contribution < 1.29 is 9.53 Å². The van der Waals surface area contributed by atoms with Crippen LogP contribution in [0.25, 0.3) is 0 Å². The molecule has 1 unspecified atom stereocenters. The fourth-order valence-corrected chi connectivity index (χ4v) is 3.08. The number of anilines is 1. The fourth-order valence-electron chi connectivity index (χ4n) is 3.08. The van der Waals surface area contributed by atoms with E-state index in [0.717, 1.165) is 44.2 Å². The van der Waals surface area contributed by atoms with Crippen molar-refractivity contribution in [1.82, 2.24) is 0 Å². The van der Waals surface area contributed by atoms with Crippen LogP contribution in [0.3, 0.4) is 0 Å². The Kier molecular flexibility index (Phi) is 4.03. The van der Waals surface area contributed by atoms with Crippen molar-refractivity contribution in [3.8, 4) is 0 Å². The molecule has 0 bridgehead atoms. The first-order chi connectivity index (χ1) is 9.72. The minimum absolute atomic E-state index is 0.00942. The second-order valence-corrected chi connectivity index (χ2v) is 5.85. The predicted molar refractivity (Wildman–Crippen MR) is 78.5 cm³/mol. The maximum Gasteiger partial charge on any atom is 0.253 e. The number of benzene rings is 1. The molecule has 4 heteroatoms. The van der Waals surface area contributed by atoms with Crippen LogP contribution in [0.1, 0.15) is 37.7 Å². The molecule has 1 saturated carbocycles. The van der Waals surface area contributed by atoms with Gasteiger partial charge in [-0.1, -0.05) is 18.2 Å². The molecule has 1 heterocycles. The molecule has 3 N–H and O–H groups in total. The molecule has 2 aliphatic rings. The van der Waals surface area contributed by atoms with Crippen molar-refractivity contribution in [3.05, 3.63) is 29.8 Å². The van der Waals surface area contributed by atoms with Gasteiger partial charge in [-0.2, -0.15) is 0 Å². The zero-order valence-electron chi connectivity index (χ0n) is 11.7. The first-order valence-corrected chi connectivity index (χ1v) is 7.52. The average molecular weight is 274 g/mol. The van der Waals surface area contributed by atoms with Crippen LogP contribution < -0.4 is 11.1 Å². The van der Waals surface area contributed by atoms with Crippen molar-refractivity contribution >= 4 is 11.6 Å². The van der Waals surface area contributed by atoms with E-state index < -0.39 is 0 Å². The predicted octanol–water partition coefficient (Wildman–Crippen LogP) is 2.23. The van der Waals surface area contributed by atoms with Crippen LogP contribution in [-0.4, -0.2) is 24.2 Å². The van der Waals surface area contributed by atoms with Gasteiger partial charge in [0.25, 0.3) is 5.91 Å². The van der Waals surface area contributed by atoms with Gasteiger partial charge >= 0.3 is 0 Å². The SMILES string of the molecule is NC1CCC(OC2CCc3ccccc3NC2=O)CC1. The Hall–Kier alpha value is -1.39. The van der Waals surface area contributed by atoms with Crippen LogP contribution in [0.5, 0.6) is 0 Å². The number of nitrogens with one attached hydrogen (secondary N) is 1. The van der Waals surface area contributed by atoms with Crippen molar-refractivity contribution in [2.24, 2.45) is 5.73 Å². The second kappa shape index (κ2) is 5.94. The van der Waals surface area contributed by atoms with E-state index in [1.807, 2.05) is 18.2 Å². The van der Waals surface area contributed by atoms with Gasteiger partial charge in [-0.05, 0) is 50.2 Å². The molecule has 108 valence electrons. The summed E-state index contributed by atoms with van der Waals surface area (Å²) in [6.07, 6.45) is 5.43. The first-order valence-electron chi connectivity index (χ1n) is 7.52. The van der Waals surface area contributed by atoms with E-state index in [1.165, 1.54) is 5.56 Å². The van der Waals surface area contributed by atoms with E-state index in [0.29, 0.717) is 6.04 Å². The Morgan fingerprint density at radius 3 is 2.65 bits per heavy atom. The van der Waals surface area contributed by atoms with Crippen molar-refractivity contribution in [2.75, 3.05) is 5.32 Å². The minimum Gasteiger partial charge on any atom is -0.365 e. The molecule has 0 aromatic heterocycles. The van der Waals surface area contributed by atoms with Gasteiger partial charge in [0, 0.05) is 11.7 Å². The van der Waals surface area contributed by atoms with Crippen molar-refractivity contribution in [1.29, 1.82) is 0 Å². The molecule has 0 radical (unpaired) electrons. The fraction of sp³-hybridized carbons (Fsp3) is 0.562. The van der Waals surface area contributed by atoms with E-state index in [-0.39, 0.29) is 18.1 Å². The van der Waals surface area contributed by atoms with Gasteiger partial charge in [0.05, 0.1) is 6.10 Å².